The van der Waals surface area contributed by atoms with Gasteiger partial charge in [-0.3, -0.25) is 9.59 Å². The number of fused-ring (bicyclic) bond motifs is 1. The van der Waals surface area contributed by atoms with Crippen LogP contribution in [0.25, 0.3) is 5.76 Å². The number of hydrogen-bond acceptors (Lipinski definition) is 4. The van der Waals surface area contributed by atoms with Crippen molar-refractivity contribution < 1.29 is 19.8 Å². The minimum atomic E-state index is -0.403. The van der Waals surface area contributed by atoms with Gasteiger partial charge in [0, 0.05) is 24.0 Å². The fourth-order valence-electron chi connectivity index (χ4n) is 2.42. The summed E-state index contributed by atoms with van der Waals surface area (Å²) in [6.45, 7) is 0. The number of ketones is 2. The Morgan fingerprint density at radius 2 is 1.56 bits per heavy atom. The number of aliphatic hydroxyl groups is 2. The predicted molar refractivity (Wildman–Crippen MR) is 64.2 cm³/mol. The number of rotatable bonds is 1. The van der Waals surface area contributed by atoms with E-state index in [9.17, 15) is 19.8 Å². The molecule has 0 fully saturated rings. The highest BCUT2D eigenvalue weighted by molar-refractivity contribution is 6.27. The molecule has 0 saturated carbocycles. The van der Waals surface area contributed by atoms with Crippen LogP contribution < -0.4 is 0 Å². The van der Waals surface area contributed by atoms with E-state index in [4.69, 9.17) is 0 Å². The molecule has 0 saturated heterocycles. The maximum Gasteiger partial charge on any atom is 0.198 e. The maximum atomic E-state index is 12.2. The van der Waals surface area contributed by atoms with E-state index in [-0.39, 0.29) is 41.3 Å². The molecular formula is C14H10O4. The summed E-state index contributed by atoms with van der Waals surface area (Å²) >= 11 is 0. The van der Waals surface area contributed by atoms with Crippen molar-refractivity contribution in [3.8, 4) is 0 Å². The molecule has 1 aromatic carbocycles. The number of hydrogen-bond donors (Lipinski definition) is 2. The smallest absolute Gasteiger partial charge is 0.198 e. The van der Waals surface area contributed by atoms with E-state index in [1.807, 2.05) is 0 Å². The Kier molecular flexibility index (Phi) is 2.13. The summed E-state index contributed by atoms with van der Waals surface area (Å²) in [5.41, 5.74) is 0.701. The first kappa shape index (κ1) is 10.8. The van der Waals surface area contributed by atoms with Crippen molar-refractivity contribution in [1.29, 1.82) is 0 Å². The van der Waals surface area contributed by atoms with Gasteiger partial charge in [-0.05, 0) is 0 Å². The molecule has 0 bridgehead atoms. The van der Waals surface area contributed by atoms with E-state index < -0.39 is 5.78 Å². The molecule has 0 aromatic heterocycles. The van der Waals surface area contributed by atoms with Crippen molar-refractivity contribution in [3.05, 3.63) is 52.3 Å². The minimum Gasteiger partial charge on any atom is -0.512 e. The fraction of sp³-hybridized carbons (Fsp3) is 0.143. The summed E-state index contributed by atoms with van der Waals surface area (Å²) in [5, 5.41) is 19.8. The molecule has 90 valence electrons. The second-order valence-corrected chi connectivity index (χ2v) is 4.34. The summed E-state index contributed by atoms with van der Waals surface area (Å²) in [6.07, 6.45) is 0.413. The highest BCUT2D eigenvalue weighted by Crippen LogP contribution is 2.38. The zero-order chi connectivity index (χ0) is 12.9. The van der Waals surface area contributed by atoms with Crippen molar-refractivity contribution in [2.45, 2.75) is 12.8 Å². The largest absolute Gasteiger partial charge is 0.512 e. The van der Waals surface area contributed by atoms with Crippen LogP contribution in [0.15, 0.2) is 41.2 Å². The summed E-state index contributed by atoms with van der Waals surface area (Å²) in [6, 6.07) is 6.61. The lowest BCUT2D eigenvalue weighted by Crippen LogP contribution is -2.08. The number of aliphatic hydroxyl groups excluding tert-OH is 2. The lowest BCUT2D eigenvalue weighted by atomic mass is 10.0. The first-order valence-electron chi connectivity index (χ1n) is 5.64. The molecule has 18 heavy (non-hydrogen) atoms. The SMILES string of the molecule is O=C1CCC(O)=C1C1=C(O)c2ccccc2C1=O. The van der Waals surface area contributed by atoms with Crippen molar-refractivity contribution in [3.63, 3.8) is 0 Å². The maximum absolute atomic E-state index is 12.2. The predicted octanol–water partition coefficient (Wildman–Crippen LogP) is 2.33. The van der Waals surface area contributed by atoms with Gasteiger partial charge in [0.05, 0.1) is 11.1 Å². The third kappa shape index (κ3) is 1.26. The van der Waals surface area contributed by atoms with Crippen LogP contribution in [0.3, 0.4) is 0 Å². The van der Waals surface area contributed by atoms with Crippen LogP contribution in [0.5, 0.6) is 0 Å². The summed E-state index contributed by atoms with van der Waals surface area (Å²) < 4.78 is 0. The molecule has 0 unspecified atom stereocenters. The number of Topliss-reactive ketones (excluding diaryl/α,β-unsaturated/α-hetero) is 2. The number of benzene rings is 1. The van der Waals surface area contributed by atoms with Gasteiger partial charge >= 0.3 is 0 Å². The van der Waals surface area contributed by atoms with Crippen LogP contribution in [-0.4, -0.2) is 21.8 Å². The van der Waals surface area contributed by atoms with Gasteiger partial charge in [-0.25, -0.2) is 0 Å². The van der Waals surface area contributed by atoms with Gasteiger partial charge in [-0.1, -0.05) is 24.3 Å². The first-order valence-corrected chi connectivity index (χ1v) is 5.64. The summed E-state index contributed by atoms with van der Waals surface area (Å²) in [4.78, 5) is 23.9. The monoisotopic (exact) mass is 242 g/mol. The molecule has 4 nitrogen and oxygen atoms in total. The van der Waals surface area contributed by atoms with Gasteiger partial charge in [-0.15, -0.1) is 0 Å². The Morgan fingerprint density at radius 1 is 0.889 bits per heavy atom. The van der Waals surface area contributed by atoms with Crippen molar-refractivity contribution in [2.75, 3.05) is 0 Å². The lowest BCUT2D eigenvalue weighted by Gasteiger charge is -2.02. The first-order chi connectivity index (χ1) is 8.61. The molecule has 0 radical (unpaired) electrons. The zero-order valence-corrected chi connectivity index (χ0v) is 9.43. The second kappa shape index (κ2) is 3.57. The van der Waals surface area contributed by atoms with E-state index in [2.05, 4.69) is 0 Å². The average molecular weight is 242 g/mol. The Labute approximate surface area is 103 Å². The number of allylic oxidation sites excluding steroid dienone is 3. The minimum absolute atomic E-state index is 0.0197. The molecule has 2 N–H and O–H groups in total. The van der Waals surface area contributed by atoms with Gasteiger partial charge in [0.15, 0.2) is 11.6 Å². The lowest BCUT2D eigenvalue weighted by molar-refractivity contribution is -0.114. The third-order valence-corrected chi connectivity index (χ3v) is 3.30. The highest BCUT2D eigenvalue weighted by atomic mass is 16.3. The zero-order valence-electron chi connectivity index (χ0n) is 9.43. The normalized spacial score (nSPS) is 18.9. The molecule has 1 aromatic rings. The highest BCUT2D eigenvalue weighted by Gasteiger charge is 2.37. The summed E-state index contributed by atoms with van der Waals surface area (Å²) in [5.74, 6) is -1.02. The van der Waals surface area contributed by atoms with E-state index in [0.29, 0.717) is 11.1 Å². The van der Waals surface area contributed by atoms with Crippen LogP contribution in [0, 0.1) is 0 Å². The van der Waals surface area contributed by atoms with Crippen LogP contribution in [-0.2, 0) is 4.79 Å². The van der Waals surface area contributed by atoms with E-state index >= 15 is 0 Å². The van der Waals surface area contributed by atoms with Crippen LogP contribution in [0.4, 0.5) is 0 Å². The standard InChI is InChI=1S/C14H10O4/c15-9-5-6-10(16)11(9)12-13(17)7-3-1-2-4-8(7)14(12)18/h1-4,15,17H,5-6H2. The Bertz CT molecular complexity index is 650. The molecule has 4 heteroatoms. The van der Waals surface area contributed by atoms with Crippen molar-refractivity contribution in [2.24, 2.45) is 0 Å². The van der Waals surface area contributed by atoms with Gasteiger partial charge in [0.2, 0.25) is 0 Å². The van der Waals surface area contributed by atoms with E-state index in [0.717, 1.165) is 0 Å². The molecule has 3 rings (SSSR count). The van der Waals surface area contributed by atoms with Crippen LogP contribution in [0.2, 0.25) is 0 Å². The fourth-order valence-corrected chi connectivity index (χ4v) is 2.42. The van der Waals surface area contributed by atoms with Crippen molar-refractivity contribution >= 4 is 17.3 Å². The summed E-state index contributed by atoms with van der Waals surface area (Å²) in [7, 11) is 0. The van der Waals surface area contributed by atoms with E-state index in [1.165, 1.54) is 0 Å². The second-order valence-electron chi connectivity index (χ2n) is 4.34. The molecule has 0 amide bonds. The molecule has 0 heterocycles. The number of carbonyl (C=O) groups is 2. The topological polar surface area (TPSA) is 74.6 Å². The van der Waals surface area contributed by atoms with E-state index in [1.54, 1.807) is 24.3 Å². The van der Waals surface area contributed by atoms with Gasteiger partial charge in [0.1, 0.15) is 11.5 Å². The molecule has 0 spiro atoms. The Morgan fingerprint density at radius 3 is 2.11 bits per heavy atom. The number of carbonyl (C=O) groups excluding carboxylic acids is 2. The van der Waals surface area contributed by atoms with Crippen LogP contribution in [0.1, 0.15) is 28.8 Å². The molecular weight excluding hydrogens is 232 g/mol. The molecule has 0 aliphatic heterocycles. The van der Waals surface area contributed by atoms with Gasteiger partial charge in [0.25, 0.3) is 0 Å². The molecule has 2 aliphatic carbocycles. The Balaban J connectivity index is 2.22. The van der Waals surface area contributed by atoms with Crippen molar-refractivity contribution in [1.82, 2.24) is 0 Å². The quantitative estimate of drug-likeness (QED) is 0.792. The molecule has 2 aliphatic rings. The average Bonchev–Trinajstić information content (AvgIpc) is 2.81. The third-order valence-electron chi connectivity index (χ3n) is 3.30. The van der Waals surface area contributed by atoms with Gasteiger partial charge in [-0.2, -0.15) is 0 Å². The Hall–Kier alpha value is -2.36. The van der Waals surface area contributed by atoms with Crippen LogP contribution >= 0.6 is 0 Å². The van der Waals surface area contributed by atoms with Gasteiger partial charge < -0.3 is 10.2 Å². The molecule has 0 atom stereocenters.